The summed E-state index contributed by atoms with van der Waals surface area (Å²) in [7, 11) is 1.62. The maximum atomic E-state index is 5.97. The van der Waals surface area contributed by atoms with Crippen LogP contribution in [0.4, 0.5) is 11.5 Å². The highest BCUT2D eigenvalue weighted by atomic mass is 16.5. The predicted octanol–water partition coefficient (Wildman–Crippen LogP) is 4.84. The monoisotopic (exact) mass is 397 g/mol. The van der Waals surface area contributed by atoms with E-state index in [0.717, 1.165) is 33.1 Å². The number of hydrogen-bond donors (Lipinski definition) is 2. The number of aromatic nitrogens is 4. The lowest BCUT2D eigenvalue weighted by atomic mass is 10.2. The van der Waals surface area contributed by atoms with E-state index in [4.69, 9.17) is 9.47 Å². The fourth-order valence-corrected chi connectivity index (χ4v) is 3.34. The summed E-state index contributed by atoms with van der Waals surface area (Å²) in [5.74, 6) is 1.93. The van der Waals surface area contributed by atoms with Gasteiger partial charge in [0.05, 0.1) is 12.6 Å². The van der Waals surface area contributed by atoms with Crippen LogP contribution >= 0.6 is 0 Å². The molecule has 30 heavy (non-hydrogen) atoms. The van der Waals surface area contributed by atoms with Crippen molar-refractivity contribution in [3.05, 3.63) is 79.0 Å². The van der Waals surface area contributed by atoms with Gasteiger partial charge in [-0.25, -0.2) is 9.97 Å². The van der Waals surface area contributed by atoms with Crippen molar-refractivity contribution in [2.24, 2.45) is 0 Å². The topological polar surface area (TPSA) is 85.0 Å². The fourth-order valence-electron chi connectivity index (χ4n) is 3.34. The maximum absolute atomic E-state index is 5.97. The van der Waals surface area contributed by atoms with Crippen LogP contribution in [0.5, 0.6) is 11.5 Å². The van der Waals surface area contributed by atoms with E-state index < -0.39 is 0 Å². The van der Waals surface area contributed by atoms with Crippen LogP contribution in [0.15, 0.2) is 73.4 Å². The highest BCUT2D eigenvalue weighted by Gasteiger charge is 2.12. The van der Waals surface area contributed by atoms with Crippen molar-refractivity contribution < 1.29 is 9.47 Å². The third-order valence-electron chi connectivity index (χ3n) is 4.86. The van der Waals surface area contributed by atoms with Gasteiger partial charge in [0.25, 0.3) is 0 Å². The van der Waals surface area contributed by atoms with Crippen molar-refractivity contribution in [2.75, 3.05) is 12.4 Å². The molecular formula is C23H19N5O2. The van der Waals surface area contributed by atoms with E-state index in [0.29, 0.717) is 23.9 Å². The Bertz CT molecular complexity index is 1320. The van der Waals surface area contributed by atoms with E-state index in [-0.39, 0.29) is 0 Å². The highest BCUT2D eigenvalue weighted by Crippen LogP contribution is 2.35. The smallest absolute Gasteiger partial charge is 0.163 e. The number of H-pyrrole nitrogens is 1. The first-order valence-corrected chi connectivity index (χ1v) is 9.49. The van der Waals surface area contributed by atoms with Crippen LogP contribution in [-0.2, 0) is 6.61 Å². The van der Waals surface area contributed by atoms with E-state index in [1.54, 1.807) is 19.5 Å². The largest absolute Gasteiger partial charge is 0.493 e. The zero-order valence-corrected chi connectivity index (χ0v) is 16.3. The number of hydrogen-bond acceptors (Lipinski definition) is 6. The molecule has 3 heterocycles. The van der Waals surface area contributed by atoms with Crippen molar-refractivity contribution >= 4 is 33.3 Å². The summed E-state index contributed by atoms with van der Waals surface area (Å²) in [6.45, 7) is 0.391. The molecule has 0 radical (unpaired) electrons. The van der Waals surface area contributed by atoms with Gasteiger partial charge >= 0.3 is 0 Å². The molecular weight excluding hydrogens is 378 g/mol. The Morgan fingerprint density at radius 1 is 1.03 bits per heavy atom. The van der Waals surface area contributed by atoms with Gasteiger partial charge in [0, 0.05) is 46.8 Å². The lowest BCUT2D eigenvalue weighted by Crippen LogP contribution is -2.00. The number of nitrogens with zero attached hydrogens (tertiary/aromatic N) is 3. The number of aromatic amines is 1. The van der Waals surface area contributed by atoms with Gasteiger partial charge in [-0.2, -0.15) is 0 Å². The van der Waals surface area contributed by atoms with Gasteiger partial charge in [0.15, 0.2) is 11.5 Å². The minimum absolute atomic E-state index is 0.391. The summed E-state index contributed by atoms with van der Waals surface area (Å²) in [6, 6.07) is 15.8. The van der Waals surface area contributed by atoms with E-state index in [1.165, 1.54) is 6.33 Å². The summed E-state index contributed by atoms with van der Waals surface area (Å²) in [5, 5.41) is 5.38. The Hall–Kier alpha value is -4.13. The summed E-state index contributed by atoms with van der Waals surface area (Å²) >= 11 is 0. The number of rotatable bonds is 6. The molecule has 148 valence electrons. The number of ether oxygens (including phenoxy) is 2. The molecule has 0 fully saturated rings. The van der Waals surface area contributed by atoms with Gasteiger partial charge in [-0.05, 0) is 35.7 Å². The van der Waals surface area contributed by atoms with Gasteiger partial charge in [-0.15, -0.1) is 0 Å². The quantitative estimate of drug-likeness (QED) is 0.427. The second-order valence-electron chi connectivity index (χ2n) is 6.80. The molecule has 5 aromatic rings. The van der Waals surface area contributed by atoms with Gasteiger partial charge in [-0.1, -0.05) is 12.1 Å². The molecule has 2 N–H and O–H groups in total. The Labute approximate surface area is 172 Å². The first-order valence-electron chi connectivity index (χ1n) is 9.49. The number of fused-ring (bicyclic) bond motifs is 2. The van der Waals surface area contributed by atoms with Crippen molar-refractivity contribution in [3.63, 3.8) is 0 Å². The Morgan fingerprint density at radius 3 is 2.87 bits per heavy atom. The van der Waals surface area contributed by atoms with Gasteiger partial charge < -0.3 is 19.8 Å². The summed E-state index contributed by atoms with van der Waals surface area (Å²) in [4.78, 5) is 16.2. The lowest BCUT2D eigenvalue weighted by Gasteiger charge is -2.14. The fraction of sp³-hybridized carbons (Fsp3) is 0.0870. The van der Waals surface area contributed by atoms with Crippen LogP contribution in [0.25, 0.3) is 21.8 Å². The molecule has 0 bridgehead atoms. The van der Waals surface area contributed by atoms with E-state index >= 15 is 0 Å². The van der Waals surface area contributed by atoms with Crippen LogP contribution in [0.3, 0.4) is 0 Å². The number of anilines is 2. The first kappa shape index (κ1) is 17.9. The van der Waals surface area contributed by atoms with Crippen molar-refractivity contribution in [1.82, 2.24) is 19.9 Å². The lowest BCUT2D eigenvalue weighted by molar-refractivity contribution is 0.284. The van der Waals surface area contributed by atoms with Gasteiger partial charge in [0.1, 0.15) is 18.8 Å². The molecule has 2 aromatic carbocycles. The SMILES string of the molecule is COc1cc2c(Nc3ccc4cc[nH]c4c3)ncnc2cc1OCc1cccnc1. The van der Waals surface area contributed by atoms with Gasteiger partial charge in [0.2, 0.25) is 0 Å². The first-order chi connectivity index (χ1) is 14.8. The van der Waals surface area contributed by atoms with E-state index in [2.05, 4.69) is 31.3 Å². The molecule has 3 aromatic heterocycles. The third-order valence-corrected chi connectivity index (χ3v) is 4.86. The normalized spacial score (nSPS) is 11.0. The van der Waals surface area contributed by atoms with Crippen LogP contribution in [-0.4, -0.2) is 27.0 Å². The van der Waals surface area contributed by atoms with Crippen LogP contribution in [0.2, 0.25) is 0 Å². The van der Waals surface area contributed by atoms with Crippen molar-refractivity contribution in [1.29, 1.82) is 0 Å². The second kappa shape index (κ2) is 7.71. The molecule has 7 nitrogen and oxygen atoms in total. The van der Waals surface area contributed by atoms with Gasteiger partial charge in [-0.3, -0.25) is 4.98 Å². The average molecular weight is 397 g/mol. The Morgan fingerprint density at radius 2 is 2.00 bits per heavy atom. The maximum Gasteiger partial charge on any atom is 0.163 e. The molecule has 0 saturated heterocycles. The minimum atomic E-state index is 0.391. The third kappa shape index (κ3) is 3.48. The second-order valence-corrected chi connectivity index (χ2v) is 6.80. The molecule has 0 atom stereocenters. The zero-order chi connectivity index (χ0) is 20.3. The molecule has 0 aliphatic rings. The summed E-state index contributed by atoms with van der Waals surface area (Å²) in [6.07, 6.45) is 6.97. The minimum Gasteiger partial charge on any atom is -0.493 e. The molecule has 0 unspecified atom stereocenters. The van der Waals surface area contributed by atoms with E-state index in [9.17, 15) is 0 Å². The average Bonchev–Trinajstić information content (AvgIpc) is 3.26. The number of pyridine rings is 1. The Balaban J connectivity index is 1.47. The highest BCUT2D eigenvalue weighted by molar-refractivity contribution is 5.94. The summed E-state index contributed by atoms with van der Waals surface area (Å²) in [5.41, 5.74) is 3.72. The molecule has 5 rings (SSSR count). The predicted molar refractivity (Wildman–Crippen MR) is 116 cm³/mol. The number of methoxy groups -OCH3 is 1. The Kier molecular flexibility index (Phi) is 4.61. The standard InChI is InChI=1S/C23H19N5O2/c1-29-21-10-18-20(11-22(21)30-13-15-3-2-7-24-12-15)26-14-27-23(18)28-17-5-4-16-6-8-25-19(16)9-17/h2-12,14,25H,13H2,1H3,(H,26,27,28). The molecule has 0 aliphatic heterocycles. The van der Waals surface area contributed by atoms with Crippen molar-refractivity contribution in [2.45, 2.75) is 6.61 Å². The number of benzene rings is 2. The molecule has 0 saturated carbocycles. The van der Waals surface area contributed by atoms with Crippen molar-refractivity contribution in [3.8, 4) is 11.5 Å². The molecule has 7 heteroatoms. The summed E-state index contributed by atoms with van der Waals surface area (Å²) < 4.78 is 11.5. The van der Waals surface area contributed by atoms with E-state index in [1.807, 2.05) is 48.7 Å². The van der Waals surface area contributed by atoms with Crippen LogP contribution in [0.1, 0.15) is 5.56 Å². The zero-order valence-electron chi connectivity index (χ0n) is 16.3. The van der Waals surface area contributed by atoms with Crippen LogP contribution < -0.4 is 14.8 Å². The molecule has 0 amide bonds. The van der Waals surface area contributed by atoms with Crippen LogP contribution in [0, 0.1) is 0 Å². The molecule has 0 aliphatic carbocycles. The number of nitrogens with one attached hydrogen (secondary N) is 2. The molecule has 0 spiro atoms.